The van der Waals surface area contributed by atoms with Crippen LogP contribution in [0.5, 0.6) is 0 Å². The van der Waals surface area contributed by atoms with Gasteiger partial charge >= 0.3 is 0 Å². The second kappa shape index (κ2) is 4.23. The zero-order chi connectivity index (χ0) is 9.84. The van der Waals surface area contributed by atoms with Crippen molar-refractivity contribution >= 4 is 23.6 Å². The smallest absolute Gasteiger partial charge is 0.167 e. The molecule has 0 unspecified atom stereocenters. The number of nitrogens with zero attached hydrogens (tertiary/aromatic N) is 2. The molecule has 1 aromatic carbocycles. The van der Waals surface area contributed by atoms with Crippen molar-refractivity contribution in [2.24, 2.45) is 4.99 Å². The molecule has 1 aromatic rings. The lowest BCUT2D eigenvalue weighted by Crippen LogP contribution is -2.07. The van der Waals surface area contributed by atoms with Gasteiger partial charge in [-0.25, -0.2) is 9.38 Å². The fraction of sp³-hybridized carbons (Fsp3) is 0.222. The normalized spacial score (nSPS) is 10.8. The van der Waals surface area contributed by atoms with E-state index in [4.69, 9.17) is 11.6 Å². The molecule has 0 spiro atoms. The first-order valence-corrected chi connectivity index (χ1v) is 4.13. The summed E-state index contributed by atoms with van der Waals surface area (Å²) >= 11 is 5.57. The van der Waals surface area contributed by atoms with E-state index in [1.165, 1.54) is 12.4 Å². The van der Waals surface area contributed by atoms with E-state index in [1.807, 2.05) is 14.1 Å². The molecular formula is C9H10ClFN2. The number of hydrogen-bond donors (Lipinski definition) is 0. The minimum Gasteiger partial charge on any atom is -0.369 e. The van der Waals surface area contributed by atoms with Crippen molar-refractivity contribution in [2.45, 2.75) is 0 Å². The zero-order valence-corrected chi connectivity index (χ0v) is 8.22. The van der Waals surface area contributed by atoms with E-state index in [0.29, 0.717) is 0 Å². The summed E-state index contributed by atoms with van der Waals surface area (Å²) in [5.74, 6) is -0.484. The van der Waals surface area contributed by atoms with Crippen molar-refractivity contribution in [1.82, 2.24) is 4.90 Å². The quantitative estimate of drug-likeness (QED) is 0.530. The summed E-state index contributed by atoms with van der Waals surface area (Å²) in [6, 6.07) is 4.72. The highest BCUT2D eigenvalue weighted by atomic mass is 35.5. The largest absolute Gasteiger partial charge is 0.369 e. The predicted octanol–water partition coefficient (Wildman–Crippen LogP) is 2.70. The summed E-state index contributed by atoms with van der Waals surface area (Å²) in [7, 11) is 3.62. The van der Waals surface area contributed by atoms with Crippen molar-refractivity contribution in [3.63, 3.8) is 0 Å². The summed E-state index contributed by atoms with van der Waals surface area (Å²) in [5.41, 5.74) is 0.251. The molecule has 0 aliphatic carbocycles. The Morgan fingerprint density at radius 1 is 1.46 bits per heavy atom. The Balaban J connectivity index is 2.95. The molecule has 13 heavy (non-hydrogen) atoms. The Hall–Kier alpha value is -1.09. The highest BCUT2D eigenvalue weighted by Crippen LogP contribution is 2.23. The van der Waals surface area contributed by atoms with Crippen LogP contribution in [-0.2, 0) is 0 Å². The third kappa shape index (κ3) is 2.70. The van der Waals surface area contributed by atoms with Crippen molar-refractivity contribution < 1.29 is 4.39 Å². The molecule has 0 heterocycles. The average molecular weight is 201 g/mol. The number of halogens is 2. The molecule has 0 aromatic heterocycles. The lowest BCUT2D eigenvalue weighted by molar-refractivity contribution is 0.625. The van der Waals surface area contributed by atoms with E-state index < -0.39 is 5.82 Å². The van der Waals surface area contributed by atoms with Crippen LogP contribution >= 0.6 is 11.6 Å². The standard InChI is InChI=1S/C9H10ClFN2/c1-13(2)6-12-8-5-3-4-7(10)9(8)11/h3-6H,1-2H3/b12-6-. The summed E-state index contributed by atoms with van der Waals surface area (Å²) in [6.07, 6.45) is 1.52. The Kier molecular flexibility index (Phi) is 3.25. The van der Waals surface area contributed by atoms with E-state index in [0.717, 1.165) is 0 Å². The Labute approximate surface area is 81.7 Å². The monoisotopic (exact) mass is 200 g/mol. The van der Waals surface area contributed by atoms with Crippen molar-refractivity contribution in [3.05, 3.63) is 29.0 Å². The first-order chi connectivity index (χ1) is 6.11. The summed E-state index contributed by atoms with van der Waals surface area (Å²) in [6.45, 7) is 0. The molecular weight excluding hydrogens is 191 g/mol. The molecule has 0 amide bonds. The maximum atomic E-state index is 13.2. The first kappa shape index (κ1) is 9.99. The van der Waals surface area contributed by atoms with Crippen LogP contribution in [0.2, 0.25) is 5.02 Å². The van der Waals surface area contributed by atoms with Crippen molar-refractivity contribution in [1.29, 1.82) is 0 Å². The minimum atomic E-state index is -0.484. The van der Waals surface area contributed by atoms with Crippen LogP contribution in [0, 0.1) is 5.82 Å². The molecule has 70 valence electrons. The fourth-order valence-corrected chi connectivity index (χ4v) is 0.939. The lowest BCUT2D eigenvalue weighted by atomic mass is 10.3. The second-order valence-electron chi connectivity index (χ2n) is 2.78. The maximum absolute atomic E-state index is 13.2. The number of hydrogen-bond acceptors (Lipinski definition) is 1. The van der Waals surface area contributed by atoms with Crippen LogP contribution in [0.15, 0.2) is 23.2 Å². The van der Waals surface area contributed by atoms with Crippen LogP contribution < -0.4 is 0 Å². The Morgan fingerprint density at radius 3 is 2.77 bits per heavy atom. The number of benzene rings is 1. The van der Waals surface area contributed by atoms with Gasteiger partial charge in [0.2, 0.25) is 0 Å². The Morgan fingerprint density at radius 2 is 2.15 bits per heavy atom. The fourth-order valence-electron chi connectivity index (χ4n) is 0.770. The second-order valence-corrected chi connectivity index (χ2v) is 3.19. The predicted molar refractivity (Wildman–Crippen MR) is 53.2 cm³/mol. The molecule has 1 rings (SSSR count). The van der Waals surface area contributed by atoms with Crippen molar-refractivity contribution in [2.75, 3.05) is 14.1 Å². The molecule has 0 atom stereocenters. The van der Waals surface area contributed by atoms with Crippen molar-refractivity contribution in [3.8, 4) is 0 Å². The summed E-state index contributed by atoms with van der Waals surface area (Å²) in [5, 5.41) is 0.0911. The molecule has 0 aliphatic heterocycles. The third-order valence-corrected chi connectivity index (χ3v) is 1.65. The van der Waals surface area contributed by atoms with Gasteiger partial charge in [0.1, 0.15) is 5.69 Å². The van der Waals surface area contributed by atoms with Gasteiger partial charge in [-0.15, -0.1) is 0 Å². The molecule has 0 fully saturated rings. The van der Waals surface area contributed by atoms with Crippen LogP contribution in [0.25, 0.3) is 0 Å². The van der Waals surface area contributed by atoms with Crippen LogP contribution in [0.3, 0.4) is 0 Å². The third-order valence-electron chi connectivity index (χ3n) is 1.36. The van der Waals surface area contributed by atoms with E-state index in [-0.39, 0.29) is 10.7 Å². The van der Waals surface area contributed by atoms with Gasteiger partial charge in [0.05, 0.1) is 11.4 Å². The van der Waals surface area contributed by atoms with Gasteiger partial charge in [-0.05, 0) is 12.1 Å². The van der Waals surface area contributed by atoms with Gasteiger partial charge in [-0.2, -0.15) is 0 Å². The molecule has 4 heteroatoms. The highest BCUT2D eigenvalue weighted by Gasteiger charge is 2.03. The van der Waals surface area contributed by atoms with Crippen LogP contribution in [0.4, 0.5) is 10.1 Å². The maximum Gasteiger partial charge on any atom is 0.167 e. The topological polar surface area (TPSA) is 15.6 Å². The van der Waals surface area contributed by atoms with E-state index >= 15 is 0 Å². The van der Waals surface area contributed by atoms with E-state index in [9.17, 15) is 4.39 Å². The zero-order valence-electron chi connectivity index (χ0n) is 7.46. The lowest BCUT2D eigenvalue weighted by Gasteiger charge is -2.03. The number of aliphatic imine (C=N–C) groups is 1. The van der Waals surface area contributed by atoms with Crippen LogP contribution in [0.1, 0.15) is 0 Å². The average Bonchev–Trinajstić information content (AvgIpc) is 2.07. The van der Waals surface area contributed by atoms with Gasteiger partial charge in [-0.1, -0.05) is 17.7 Å². The number of rotatable bonds is 2. The SMILES string of the molecule is CN(C)/C=N\c1cccc(Cl)c1F. The van der Waals surface area contributed by atoms with Gasteiger partial charge in [0.15, 0.2) is 5.82 Å². The molecule has 0 radical (unpaired) electrons. The summed E-state index contributed by atoms with van der Waals surface area (Å²) in [4.78, 5) is 5.63. The van der Waals surface area contributed by atoms with Gasteiger partial charge in [0, 0.05) is 14.1 Å². The van der Waals surface area contributed by atoms with E-state index in [1.54, 1.807) is 17.0 Å². The molecule has 0 bridgehead atoms. The van der Waals surface area contributed by atoms with Gasteiger partial charge in [0.25, 0.3) is 0 Å². The van der Waals surface area contributed by atoms with Crippen LogP contribution in [-0.4, -0.2) is 25.3 Å². The summed E-state index contributed by atoms with van der Waals surface area (Å²) < 4.78 is 13.2. The van der Waals surface area contributed by atoms with E-state index in [2.05, 4.69) is 4.99 Å². The molecule has 0 saturated heterocycles. The van der Waals surface area contributed by atoms with Gasteiger partial charge in [-0.3, -0.25) is 0 Å². The van der Waals surface area contributed by atoms with Gasteiger partial charge < -0.3 is 4.90 Å². The minimum absolute atomic E-state index is 0.0911. The molecule has 0 N–H and O–H groups in total. The molecule has 2 nitrogen and oxygen atoms in total. The highest BCUT2D eigenvalue weighted by molar-refractivity contribution is 6.31. The molecule has 0 aliphatic rings. The Bertz CT molecular complexity index is 323. The molecule has 0 saturated carbocycles. The first-order valence-electron chi connectivity index (χ1n) is 3.76.